The second-order valence-corrected chi connectivity index (χ2v) is 6.29. The molecule has 0 radical (unpaired) electrons. The first-order chi connectivity index (χ1) is 13.4. The van der Waals surface area contributed by atoms with Crippen molar-refractivity contribution in [2.45, 2.75) is 25.9 Å². The minimum atomic E-state index is -0.274. The molecular weight excluding hydrogens is 360 g/mol. The van der Waals surface area contributed by atoms with Gasteiger partial charge in [0.15, 0.2) is 23.0 Å². The molecule has 0 saturated heterocycles. The molecule has 7 nitrogen and oxygen atoms in total. The Hall–Kier alpha value is -3.09. The molecule has 28 heavy (non-hydrogen) atoms. The summed E-state index contributed by atoms with van der Waals surface area (Å²) >= 11 is 0. The van der Waals surface area contributed by atoms with Gasteiger partial charge in [-0.3, -0.25) is 0 Å². The Kier molecular flexibility index (Phi) is 7.37. The molecule has 0 spiro atoms. The number of amides is 2. The third kappa shape index (κ3) is 5.00. The summed E-state index contributed by atoms with van der Waals surface area (Å²) in [6.45, 7) is 3.81. The van der Waals surface area contributed by atoms with Gasteiger partial charge in [0.05, 0.1) is 40.5 Å². The van der Waals surface area contributed by atoms with Gasteiger partial charge in [-0.05, 0) is 49.2 Å². The molecule has 0 bridgehead atoms. The summed E-state index contributed by atoms with van der Waals surface area (Å²) in [5.74, 6) is 2.52. The quantitative estimate of drug-likeness (QED) is 0.718. The van der Waals surface area contributed by atoms with E-state index in [-0.39, 0.29) is 18.1 Å². The van der Waals surface area contributed by atoms with Crippen molar-refractivity contribution in [3.05, 3.63) is 47.5 Å². The zero-order valence-corrected chi connectivity index (χ0v) is 17.2. The molecule has 2 aromatic carbocycles. The summed E-state index contributed by atoms with van der Waals surface area (Å²) in [4.78, 5) is 12.4. The SMILES string of the molecule is COc1ccc([C@H](C)NC(=O)N[C@H](C)c2ccc(OC)c(OC)c2)cc1OC. The lowest BCUT2D eigenvalue weighted by atomic mass is 10.1. The van der Waals surface area contributed by atoms with Gasteiger partial charge in [-0.15, -0.1) is 0 Å². The fourth-order valence-corrected chi connectivity index (χ4v) is 2.85. The molecule has 152 valence electrons. The van der Waals surface area contributed by atoms with Gasteiger partial charge in [0.25, 0.3) is 0 Å². The van der Waals surface area contributed by atoms with Gasteiger partial charge >= 0.3 is 6.03 Å². The first kappa shape index (κ1) is 21.2. The Labute approximate surface area is 165 Å². The molecule has 2 rings (SSSR count). The number of carbonyl (C=O) groups excluding carboxylic acids is 1. The van der Waals surface area contributed by atoms with Gasteiger partial charge in [0, 0.05) is 0 Å². The number of rotatable bonds is 8. The molecule has 0 heterocycles. The summed E-state index contributed by atoms with van der Waals surface area (Å²) in [5.41, 5.74) is 1.82. The van der Waals surface area contributed by atoms with Crippen LogP contribution < -0.4 is 29.6 Å². The third-order valence-electron chi connectivity index (χ3n) is 4.51. The number of ether oxygens (including phenoxy) is 4. The summed E-state index contributed by atoms with van der Waals surface area (Å²) in [6, 6.07) is 10.4. The van der Waals surface area contributed by atoms with Crippen LogP contribution in [0.25, 0.3) is 0 Å². The molecule has 2 N–H and O–H groups in total. The molecule has 0 fully saturated rings. The topological polar surface area (TPSA) is 78.1 Å². The van der Waals surface area contributed by atoms with Crippen LogP contribution in [-0.4, -0.2) is 34.5 Å². The summed E-state index contributed by atoms with van der Waals surface area (Å²) in [5, 5.41) is 5.87. The Bertz CT molecular complexity index is 744. The molecule has 0 aliphatic heterocycles. The Morgan fingerprint density at radius 3 is 1.36 bits per heavy atom. The zero-order valence-electron chi connectivity index (χ0n) is 17.2. The zero-order chi connectivity index (χ0) is 20.7. The number of methoxy groups -OCH3 is 4. The molecule has 0 aliphatic rings. The third-order valence-corrected chi connectivity index (χ3v) is 4.51. The van der Waals surface area contributed by atoms with Crippen LogP contribution in [0.1, 0.15) is 37.1 Å². The molecule has 0 aromatic heterocycles. The second kappa shape index (κ2) is 9.73. The molecule has 0 saturated carbocycles. The first-order valence-electron chi connectivity index (χ1n) is 8.94. The average Bonchev–Trinajstić information content (AvgIpc) is 2.72. The van der Waals surface area contributed by atoms with Crippen molar-refractivity contribution in [3.8, 4) is 23.0 Å². The normalized spacial score (nSPS) is 12.5. The lowest BCUT2D eigenvalue weighted by molar-refractivity contribution is 0.235. The van der Waals surface area contributed by atoms with Crippen molar-refractivity contribution >= 4 is 6.03 Å². The fraction of sp³-hybridized carbons (Fsp3) is 0.381. The van der Waals surface area contributed by atoms with Crippen molar-refractivity contribution in [2.75, 3.05) is 28.4 Å². The molecule has 2 aromatic rings. The molecule has 2 amide bonds. The number of carbonyl (C=O) groups is 1. The van der Waals surface area contributed by atoms with Gasteiger partial charge in [-0.25, -0.2) is 4.79 Å². The standard InChI is InChI=1S/C21H28N2O5/c1-13(15-7-9-17(25-3)19(11-15)27-5)22-21(24)23-14(2)16-8-10-18(26-4)20(12-16)28-6/h7-14H,1-6H3,(H2,22,23,24)/t13-,14+. The molecule has 0 unspecified atom stereocenters. The van der Waals surface area contributed by atoms with E-state index in [1.165, 1.54) is 0 Å². The predicted octanol–water partition coefficient (Wildman–Crippen LogP) is 3.84. The van der Waals surface area contributed by atoms with Crippen LogP contribution in [0.3, 0.4) is 0 Å². The minimum absolute atomic E-state index is 0.211. The van der Waals surface area contributed by atoms with E-state index in [1.54, 1.807) is 28.4 Å². The highest BCUT2D eigenvalue weighted by Gasteiger charge is 2.16. The van der Waals surface area contributed by atoms with Crippen LogP contribution in [-0.2, 0) is 0 Å². The number of nitrogens with one attached hydrogen (secondary N) is 2. The van der Waals surface area contributed by atoms with E-state index in [0.29, 0.717) is 23.0 Å². The van der Waals surface area contributed by atoms with E-state index in [0.717, 1.165) is 11.1 Å². The maximum atomic E-state index is 12.4. The van der Waals surface area contributed by atoms with Gasteiger partial charge < -0.3 is 29.6 Å². The van der Waals surface area contributed by atoms with Crippen molar-refractivity contribution in [1.82, 2.24) is 10.6 Å². The predicted molar refractivity (Wildman–Crippen MR) is 108 cm³/mol. The molecule has 7 heteroatoms. The average molecular weight is 388 g/mol. The smallest absolute Gasteiger partial charge is 0.315 e. The Morgan fingerprint density at radius 2 is 1.04 bits per heavy atom. The lowest BCUT2D eigenvalue weighted by Gasteiger charge is -2.20. The van der Waals surface area contributed by atoms with Crippen molar-refractivity contribution in [3.63, 3.8) is 0 Å². The van der Waals surface area contributed by atoms with Crippen molar-refractivity contribution in [2.24, 2.45) is 0 Å². The number of urea groups is 1. The maximum Gasteiger partial charge on any atom is 0.315 e. The second-order valence-electron chi connectivity index (χ2n) is 6.29. The van der Waals surface area contributed by atoms with E-state index in [4.69, 9.17) is 18.9 Å². The molecule has 0 aliphatic carbocycles. The lowest BCUT2D eigenvalue weighted by Crippen LogP contribution is -2.38. The van der Waals surface area contributed by atoms with Gasteiger partial charge in [-0.2, -0.15) is 0 Å². The van der Waals surface area contributed by atoms with E-state index in [2.05, 4.69) is 10.6 Å². The van der Waals surface area contributed by atoms with Gasteiger partial charge in [0.1, 0.15) is 0 Å². The highest BCUT2D eigenvalue weighted by Crippen LogP contribution is 2.31. The molecular formula is C21H28N2O5. The summed E-state index contributed by atoms with van der Waals surface area (Å²) in [6.07, 6.45) is 0. The highest BCUT2D eigenvalue weighted by atomic mass is 16.5. The van der Waals surface area contributed by atoms with E-state index >= 15 is 0 Å². The molecule has 2 atom stereocenters. The van der Waals surface area contributed by atoms with Crippen LogP contribution in [0.2, 0.25) is 0 Å². The largest absolute Gasteiger partial charge is 0.493 e. The van der Waals surface area contributed by atoms with E-state index in [1.807, 2.05) is 50.2 Å². The van der Waals surface area contributed by atoms with Gasteiger partial charge in [-0.1, -0.05) is 12.1 Å². The van der Waals surface area contributed by atoms with Crippen LogP contribution in [0, 0.1) is 0 Å². The monoisotopic (exact) mass is 388 g/mol. The van der Waals surface area contributed by atoms with Crippen molar-refractivity contribution in [1.29, 1.82) is 0 Å². The highest BCUT2D eigenvalue weighted by molar-refractivity contribution is 5.75. The van der Waals surface area contributed by atoms with Crippen LogP contribution in [0.5, 0.6) is 23.0 Å². The van der Waals surface area contributed by atoms with Gasteiger partial charge in [0.2, 0.25) is 0 Å². The van der Waals surface area contributed by atoms with Crippen LogP contribution in [0.15, 0.2) is 36.4 Å². The Balaban J connectivity index is 2.03. The minimum Gasteiger partial charge on any atom is -0.493 e. The summed E-state index contributed by atoms with van der Waals surface area (Å²) in [7, 11) is 6.33. The van der Waals surface area contributed by atoms with Crippen molar-refractivity contribution < 1.29 is 23.7 Å². The number of hydrogen-bond acceptors (Lipinski definition) is 5. The first-order valence-corrected chi connectivity index (χ1v) is 8.94. The van der Waals surface area contributed by atoms with Crippen LogP contribution in [0.4, 0.5) is 4.79 Å². The van der Waals surface area contributed by atoms with E-state index < -0.39 is 0 Å². The number of benzene rings is 2. The van der Waals surface area contributed by atoms with Crippen LogP contribution >= 0.6 is 0 Å². The maximum absolute atomic E-state index is 12.4. The summed E-state index contributed by atoms with van der Waals surface area (Å²) < 4.78 is 21.1. The van der Waals surface area contributed by atoms with E-state index in [9.17, 15) is 4.79 Å². The Morgan fingerprint density at radius 1 is 0.679 bits per heavy atom. The fourth-order valence-electron chi connectivity index (χ4n) is 2.85. The number of hydrogen-bond donors (Lipinski definition) is 2.